The number of nitrogens with zero attached hydrogens (tertiary/aromatic N) is 2. The van der Waals surface area contributed by atoms with Crippen molar-refractivity contribution in [2.45, 2.75) is 24.0 Å². The van der Waals surface area contributed by atoms with Crippen LogP contribution in [0.5, 0.6) is 0 Å². The molecule has 0 saturated heterocycles. The predicted octanol–water partition coefficient (Wildman–Crippen LogP) is 2.77. The molecule has 2 aromatic carbocycles. The van der Waals surface area contributed by atoms with E-state index in [1.54, 1.807) is 48.5 Å². The van der Waals surface area contributed by atoms with Crippen molar-refractivity contribution in [1.29, 1.82) is 0 Å². The number of halogens is 2. The number of hydrogen-bond donors (Lipinski definition) is 2. The van der Waals surface area contributed by atoms with E-state index in [1.807, 2.05) is 0 Å². The minimum Gasteiger partial charge on any atom is -0.366 e. The molecule has 0 aliphatic carbocycles. The molecule has 0 atom stereocenters. The molecule has 140 valence electrons. The van der Waals surface area contributed by atoms with Crippen LogP contribution in [0.1, 0.15) is 15.9 Å². The number of amides is 2. The average molecular weight is 390 g/mol. The van der Waals surface area contributed by atoms with Crippen molar-refractivity contribution in [2.24, 2.45) is 5.73 Å². The van der Waals surface area contributed by atoms with Crippen LogP contribution in [-0.4, -0.2) is 27.1 Å². The topological polar surface area (TPSA) is 90.0 Å². The number of nitrogens with one attached hydrogen (secondary N) is 1. The lowest BCUT2D eigenvalue weighted by molar-refractivity contribution is -0.121. The fourth-order valence-corrected chi connectivity index (χ4v) is 3.21. The summed E-state index contributed by atoms with van der Waals surface area (Å²) in [4.78, 5) is 27.7. The van der Waals surface area contributed by atoms with Crippen molar-refractivity contribution < 1.29 is 18.4 Å². The highest BCUT2D eigenvalue weighted by Gasteiger charge is 2.17. The summed E-state index contributed by atoms with van der Waals surface area (Å²) < 4.78 is 27.1. The van der Waals surface area contributed by atoms with Crippen LogP contribution in [0.15, 0.2) is 53.7 Å². The van der Waals surface area contributed by atoms with Gasteiger partial charge in [0.2, 0.25) is 11.8 Å². The van der Waals surface area contributed by atoms with Crippen LogP contribution < -0.4 is 11.1 Å². The van der Waals surface area contributed by atoms with Crippen LogP contribution in [0, 0.1) is 0 Å². The molecule has 0 aliphatic heterocycles. The first kappa shape index (κ1) is 18.8. The van der Waals surface area contributed by atoms with Crippen molar-refractivity contribution in [3.8, 4) is 0 Å². The van der Waals surface area contributed by atoms with Gasteiger partial charge in [-0.3, -0.25) is 9.59 Å². The minimum atomic E-state index is -2.64. The van der Waals surface area contributed by atoms with Gasteiger partial charge in [0.25, 0.3) is 5.76 Å². The lowest BCUT2D eigenvalue weighted by Crippen LogP contribution is -2.27. The standard InChI is InChI=1S/C18H16F2N4O2S/c19-17(20)27-18-23-13-6-1-2-7-14(13)24(18)10-15(25)22-9-11-4-3-5-12(8-11)16(21)26/h1-8,17H,9-10H2,(H2,21,26)(H,22,25). The van der Waals surface area contributed by atoms with Gasteiger partial charge in [0.15, 0.2) is 5.16 Å². The average Bonchev–Trinajstić information content (AvgIpc) is 2.97. The number of alkyl halides is 2. The third kappa shape index (κ3) is 4.62. The Morgan fingerprint density at radius 3 is 2.70 bits per heavy atom. The fraction of sp³-hybridized carbons (Fsp3) is 0.167. The summed E-state index contributed by atoms with van der Waals surface area (Å²) in [6.45, 7) is 0.0367. The van der Waals surface area contributed by atoms with E-state index in [1.165, 1.54) is 4.57 Å². The van der Waals surface area contributed by atoms with E-state index < -0.39 is 11.7 Å². The first-order valence-corrected chi connectivity index (χ1v) is 8.87. The molecule has 0 aliphatic rings. The molecule has 0 radical (unpaired) electrons. The second kappa shape index (κ2) is 8.17. The molecule has 0 saturated carbocycles. The second-order valence-electron chi connectivity index (χ2n) is 5.69. The van der Waals surface area contributed by atoms with Crippen molar-refractivity contribution >= 4 is 34.6 Å². The monoisotopic (exact) mass is 390 g/mol. The number of nitrogens with two attached hydrogens (primary N) is 1. The minimum absolute atomic E-state index is 0.0806. The Morgan fingerprint density at radius 2 is 1.96 bits per heavy atom. The molecular formula is C18H16F2N4O2S. The first-order valence-electron chi connectivity index (χ1n) is 7.99. The summed E-state index contributed by atoms with van der Waals surface area (Å²) in [6.07, 6.45) is 0. The van der Waals surface area contributed by atoms with E-state index >= 15 is 0 Å². The highest BCUT2D eigenvalue weighted by Crippen LogP contribution is 2.28. The Hall–Kier alpha value is -2.94. The molecular weight excluding hydrogens is 374 g/mol. The Labute approximate surface area is 157 Å². The van der Waals surface area contributed by atoms with Crippen LogP contribution in [0.3, 0.4) is 0 Å². The summed E-state index contributed by atoms with van der Waals surface area (Å²) in [5.41, 5.74) is 7.44. The molecule has 0 unspecified atom stereocenters. The van der Waals surface area contributed by atoms with Crippen molar-refractivity contribution in [3.05, 3.63) is 59.7 Å². The number of imidazole rings is 1. The Balaban J connectivity index is 1.74. The molecule has 27 heavy (non-hydrogen) atoms. The lowest BCUT2D eigenvalue weighted by Gasteiger charge is -2.10. The summed E-state index contributed by atoms with van der Waals surface area (Å²) in [5, 5.41) is 2.79. The first-order chi connectivity index (χ1) is 12.9. The lowest BCUT2D eigenvalue weighted by atomic mass is 10.1. The number of primary amides is 1. The summed E-state index contributed by atoms with van der Waals surface area (Å²) in [7, 11) is 0. The molecule has 0 bridgehead atoms. The molecule has 1 heterocycles. The van der Waals surface area contributed by atoms with E-state index in [9.17, 15) is 18.4 Å². The zero-order chi connectivity index (χ0) is 19.4. The molecule has 3 aromatic rings. The van der Waals surface area contributed by atoms with Gasteiger partial charge in [0, 0.05) is 12.1 Å². The maximum atomic E-state index is 12.8. The van der Waals surface area contributed by atoms with Crippen LogP contribution in [-0.2, 0) is 17.9 Å². The zero-order valence-corrected chi connectivity index (χ0v) is 14.9. The molecule has 6 nitrogen and oxygen atoms in total. The van der Waals surface area contributed by atoms with Gasteiger partial charge in [-0.05, 0) is 41.6 Å². The van der Waals surface area contributed by atoms with E-state index in [-0.39, 0.29) is 24.2 Å². The molecule has 1 aromatic heterocycles. The van der Waals surface area contributed by atoms with Gasteiger partial charge >= 0.3 is 0 Å². The summed E-state index contributed by atoms with van der Waals surface area (Å²) in [5.74, 6) is -3.55. The zero-order valence-electron chi connectivity index (χ0n) is 14.1. The largest absolute Gasteiger partial charge is 0.366 e. The highest BCUT2D eigenvalue weighted by molar-refractivity contribution is 7.99. The Kier molecular flexibility index (Phi) is 5.70. The van der Waals surface area contributed by atoms with E-state index in [0.717, 1.165) is 0 Å². The number of thioether (sulfide) groups is 1. The number of carbonyl (C=O) groups is 2. The SMILES string of the molecule is NC(=O)c1cccc(CNC(=O)Cn2c(SC(F)F)nc3ccccc32)c1. The highest BCUT2D eigenvalue weighted by atomic mass is 32.2. The van der Waals surface area contributed by atoms with E-state index in [0.29, 0.717) is 33.9 Å². The summed E-state index contributed by atoms with van der Waals surface area (Å²) in [6, 6.07) is 13.5. The van der Waals surface area contributed by atoms with Crippen LogP contribution in [0.25, 0.3) is 11.0 Å². The Morgan fingerprint density at radius 1 is 1.19 bits per heavy atom. The van der Waals surface area contributed by atoms with E-state index in [4.69, 9.17) is 5.73 Å². The number of fused-ring (bicyclic) bond motifs is 1. The molecule has 0 fully saturated rings. The maximum Gasteiger partial charge on any atom is 0.291 e. The number of rotatable bonds is 7. The smallest absolute Gasteiger partial charge is 0.291 e. The number of hydrogen-bond acceptors (Lipinski definition) is 4. The molecule has 9 heteroatoms. The van der Waals surface area contributed by atoms with Crippen molar-refractivity contribution in [1.82, 2.24) is 14.9 Å². The third-order valence-corrected chi connectivity index (χ3v) is 4.52. The summed E-state index contributed by atoms with van der Waals surface area (Å²) >= 11 is 0.300. The van der Waals surface area contributed by atoms with Gasteiger partial charge in [-0.1, -0.05) is 24.3 Å². The second-order valence-corrected chi connectivity index (χ2v) is 6.65. The molecule has 0 spiro atoms. The van der Waals surface area contributed by atoms with Crippen LogP contribution in [0.4, 0.5) is 8.78 Å². The van der Waals surface area contributed by atoms with Crippen molar-refractivity contribution in [3.63, 3.8) is 0 Å². The molecule has 3 rings (SSSR count). The maximum absolute atomic E-state index is 12.8. The van der Waals surface area contributed by atoms with Gasteiger partial charge < -0.3 is 15.6 Å². The third-order valence-electron chi connectivity index (χ3n) is 3.82. The van der Waals surface area contributed by atoms with E-state index in [2.05, 4.69) is 10.3 Å². The Bertz CT molecular complexity index is 990. The van der Waals surface area contributed by atoms with Crippen LogP contribution >= 0.6 is 11.8 Å². The number of aromatic nitrogens is 2. The predicted molar refractivity (Wildman–Crippen MR) is 98.4 cm³/mol. The van der Waals surface area contributed by atoms with Crippen molar-refractivity contribution in [2.75, 3.05) is 0 Å². The molecule has 3 N–H and O–H groups in total. The van der Waals surface area contributed by atoms with Gasteiger partial charge in [0.1, 0.15) is 6.54 Å². The molecule has 2 amide bonds. The normalized spacial score (nSPS) is 11.1. The quantitative estimate of drug-likeness (QED) is 0.607. The number of para-hydroxylation sites is 2. The number of benzene rings is 2. The van der Waals surface area contributed by atoms with Gasteiger partial charge in [0.05, 0.1) is 11.0 Å². The van der Waals surface area contributed by atoms with Gasteiger partial charge in [-0.25, -0.2) is 4.98 Å². The van der Waals surface area contributed by atoms with Gasteiger partial charge in [-0.15, -0.1) is 0 Å². The number of carbonyl (C=O) groups excluding carboxylic acids is 2. The fourth-order valence-electron chi connectivity index (χ4n) is 2.61. The van der Waals surface area contributed by atoms with Crippen LogP contribution in [0.2, 0.25) is 0 Å². The van der Waals surface area contributed by atoms with Gasteiger partial charge in [-0.2, -0.15) is 8.78 Å².